The lowest BCUT2D eigenvalue weighted by Crippen LogP contribution is -2.31. The Morgan fingerprint density at radius 3 is 1.93 bits per heavy atom. The van der Waals surface area contributed by atoms with E-state index in [0.717, 1.165) is 25.7 Å². The molecule has 0 aromatic heterocycles. The van der Waals surface area contributed by atoms with Crippen molar-refractivity contribution < 1.29 is 27.4 Å². The summed E-state index contributed by atoms with van der Waals surface area (Å²) < 4.78 is 43.1. The van der Waals surface area contributed by atoms with Crippen molar-refractivity contribution in [3.8, 4) is 17.2 Å². The highest BCUT2D eigenvalue weighted by molar-refractivity contribution is 7.89. The van der Waals surface area contributed by atoms with Crippen molar-refractivity contribution in [2.75, 3.05) is 27.3 Å². The number of carbonyl (C=O) groups excluding carboxylic acids is 1. The van der Waals surface area contributed by atoms with Gasteiger partial charge < -0.3 is 14.2 Å². The van der Waals surface area contributed by atoms with Crippen molar-refractivity contribution >= 4 is 16.0 Å². The minimum Gasteiger partial charge on any atom is -0.493 e. The molecule has 1 aliphatic heterocycles. The van der Waals surface area contributed by atoms with Gasteiger partial charge >= 0.3 is 5.97 Å². The number of para-hydroxylation sites is 1. The van der Waals surface area contributed by atoms with Crippen LogP contribution in [0.1, 0.15) is 36.0 Å². The number of hydrogen-bond acceptors (Lipinski definition) is 6. The molecule has 8 heteroatoms. The molecule has 0 atom stereocenters. The second kappa shape index (κ2) is 9.28. The zero-order chi connectivity index (χ0) is 20.9. The first-order chi connectivity index (χ1) is 14.0. The summed E-state index contributed by atoms with van der Waals surface area (Å²) in [5.41, 5.74) is 0.229. The van der Waals surface area contributed by atoms with Crippen LogP contribution < -0.4 is 14.2 Å². The molecule has 7 nitrogen and oxygen atoms in total. The van der Waals surface area contributed by atoms with E-state index >= 15 is 0 Å². The number of benzene rings is 2. The van der Waals surface area contributed by atoms with Crippen LogP contribution in [0.4, 0.5) is 0 Å². The van der Waals surface area contributed by atoms with Crippen molar-refractivity contribution in [2.24, 2.45) is 0 Å². The average Bonchev–Trinajstić information content (AvgIpc) is 3.04. The maximum atomic E-state index is 12.9. The van der Waals surface area contributed by atoms with Gasteiger partial charge in [-0.3, -0.25) is 0 Å². The van der Waals surface area contributed by atoms with Gasteiger partial charge in [0.2, 0.25) is 15.8 Å². The molecule has 2 aromatic carbocycles. The number of esters is 1. The Hall–Kier alpha value is -2.58. The van der Waals surface area contributed by atoms with Crippen molar-refractivity contribution in [3.05, 3.63) is 48.0 Å². The van der Waals surface area contributed by atoms with E-state index in [1.165, 1.54) is 42.8 Å². The normalized spacial score (nSPS) is 15.4. The number of carbonyl (C=O) groups is 1. The van der Waals surface area contributed by atoms with Gasteiger partial charge in [0, 0.05) is 13.1 Å². The average molecular weight is 419 g/mol. The highest BCUT2D eigenvalue weighted by Crippen LogP contribution is 2.37. The molecule has 1 heterocycles. The first-order valence-corrected chi connectivity index (χ1v) is 10.9. The number of nitrogens with zero attached hydrogens (tertiary/aromatic N) is 1. The maximum Gasteiger partial charge on any atom is 0.343 e. The van der Waals surface area contributed by atoms with E-state index in [1.54, 1.807) is 18.2 Å². The largest absolute Gasteiger partial charge is 0.493 e. The Morgan fingerprint density at radius 1 is 0.862 bits per heavy atom. The summed E-state index contributed by atoms with van der Waals surface area (Å²) in [4.78, 5) is 12.7. The van der Waals surface area contributed by atoms with Crippen LogP contribution in [0.2, 0.25) is 0 Å². The van der Waals surface area contributed by atoms with Gasteiger partial charge in [0.15, 0.2) is 11.5 Å². The topological polar surface area (TPSA) is 82.1 Å². The highest BCUT2D eigenvalue weighted by atomic mass is 32.2. The number of rotatable bonds is 6. The Bertz CT molecular complexity index is 925. The maximum absolute atomic E-state index is 12.9. The van der Waals surface area contributed by atoms with Gasteiger partial charge in [-0.2, -0.15) is 4.31 Å². The van der Waals surface area contributed by atoms with E-state index in [2.05, 4.69) is 0 Å². The molecule has 0 radical (unpaired) electrons. The molecule has 0 unspecified atom stereocenters. The number of hydrogen-bond donors (Lipinski definition) is 0. The summed E-state index contributed by atoms with van der Waals surface area (Å²) in [5.74, 6) is 0.256. The van der Waals surface area contributed by atoms with E-state index < -0.39 is 16.0 Å². The molecule has 29 heavy (non-hydrogen) atoms. The molecule has 156 valence electrons. The molecule has 3 rings (SSSR count). The zero-order valence-corrected chi connectivity index (χ0v) is 17.4. The van der Waals surface area contributed by atoms with Gasteiger partial charge in [0.05, 0.1) is 24.7 Å². The summed E-state index contributed by atoms with van der Waals surface area (Å²) in [6, 6.07) is 10.8. The van der Waals surface area contributed by atoms with Crippen molar-refractivity contribution in [1.82, 2.24) is 4.31 Å². The zero-order valence-electron chi connectivity index (χ0n) is 16.6. The van der Waals surface area contributed by atoms with Gasteiger partial charge in [-0.05, 0) is 49.2 Å². The summed E-state index contributed by atoms with van der Waals surface area (Å²) in [6.07, 6.45) is 3.82. The standard InChI is InChI=1S/C21H25NO6S/c1-26-18-8-7-9-19(27-2)20(18)28-21(23)16-10-12-17(13-11-16)29(24,25)22-14-5-3-4-6-15-22/h7-13H,3-6,14-15H2,1-2H3. The van der Waals surface area contributed by atoms with Gasteiger partial charge in [-0.15, -0.1) is 0 Å². The lowest BCUT2D eigenvalue weighted by molar-refractivity contribution is 0.0724. The first-order valence-electron chi connectivity index (χ1n) is 9.50. The fraction of sp³-hybridized carbons (Fsp3) is 0.381. The van der Waals surface area contributed by atoms with Crippen LogP contribution >= 0.6 is 0 Å². The summed E-state index contributed by atoms with van der Waals surface area (Å²) in [6.45, 7) is 1.06. The fourth-order valence-corrected chi connectivity index (χ4v) is 4.78. The molecule has 0 N–H and O–H groups in total. The molecule has 0 spiro atoms. The van der Waals surface area contributed by atoms with E-state index in [1.807, 2.05) is 0 Å². The Kier molecular flexibility index (Phi) is 6.76. The fourth-order valence-electron chi connectivity index (χ4n) is 3.26. The molecule has 0 aliphatic carbocycles. The third-order valence-electron chi connectivity index (χ3n) is 4.87. The third-order valence-corrected chi connectivity index (χ3v) is 6.78. The number of sulfonamides is 1. The molecule has 0 amide bonds. The summed E-state index contributed by atoms with van der Waals surface area (Å²) in [5, 5.41) is 0. The summed E-state index contributed by atoms with van der Waals surface area (Å²) in [7, 11) is -0.633. The lowest BCUT2D eigenvalue weighted by Gasteiger charge is -2.20. The predicted molar refractivity (Wildman–Crippen MR) is 108 cm³/mol. The molecule has 1 saturated heterocycles. The first kappa shape index (κ1) is 21.1. The van der Waals surface area contributed by atoms with E-state index in [0.29, 0.717) is 24.6 Å². The highest BCUT2D eigenvalue weighted by Gasteiger charge is 2.25. The monoisotopic (exact) mass is 419 g/mol. The molecule has 0 bridgehead atoms. The van der Waals surface area contributed by atoms with Crippen LogP contribution in [-0.2, 0) is 10.0 Å². The molecule has 1 fully saturated rings. The molecular formula is C21H25NO6S. The van der Waals surface area contributed by atoms with Crippen LogP contribution in [-0.4, -0.2) is 46.0 Å². The Balaban J connectivity index is 1.79. The van der Waals surface area contributed by atoms with E-state index in [-0.39, 0.29) is 16.2 Å². The van der Waals surface area contributed by atoms with Crippen LogP contribution in [0, 0.1) is 0 Å². The van der Waals surface area contributed by atoms with Gasteiger partial charge in [0.25, 0.3) is 0 Å². The molecule has 1 aliphatic rings. The van der Waals surface area contributed by atoms with Gasteiger partial charge in [-0.1, -0.05) is 18.9 Å². The van der Waals surface area contributed by atoms with Crippen molar-refractivity contribution in [3.63, 3.8) is 0 Å². The van der Waals surface area contributed by atoms with Gasteiger partial charge in [-0.25, -0.2) is 13.2 Å². The lowest BCUT2D eigenvalue weighted by atomic mass is 10.2. The SMILES string of the molecule is COc1cccc(OC)c1OC(=O)c1ccc(S(=O)(=O)N2CCCCCC2)cc1. The van der Waals surface area contributed by atoms with Gasteiger partial charge in [0.1, 0.15) is 0 Å². The smallest absolute Gasteiger partial charge is 0.343 e. The minimum atomic E-state index is -3.57. The second-order valence-electron chi connectivity index (χ2n) is 6.72. The minimum absolute atomic E-state index is 0.170. The second-order valence-corrected chi connectivity index (χ2v) is 8.66. The third kappa shape index (κ3) is 4.71. The van der Waals surface area contributed by atoms with E-state index in [4.69, 9.17) is 14.2 Å². The van der Waals surface area contributed by atoms with E-state index in [9.17, 15) is 13.2 Å². The van der Waals surface area contributed by atoms with Crippen LogP contribution in [0.25, 0.3) is 0 Å². The Labute approximate surface area is 171 Å². The summed E-state index contributed by atoms with van der Waals surface area (Å²) >= 11 is 0. The molecular weight excluding hydrogens is 394 g/mol. The number of methoxy groups -OCH3 is 2. The van der Waals surface area contributed by atoms with Crippen LogP contribution in [0.3, 0.4) is 0 Å². The van der Waals surface area contributed by atoms with Crippen molar-refractivity contribution in [1.29, 1.82) is 0 Å². The number of ether oxygens (including phenoxy) is 3. The van der Waals surface area contributed by atoms with Crippen LogP contribution in [0.5, 0.6) is 17.2 Å². The van der Waals surface area contributed by atoms with Crippen molar-refractivity contribution in [2.45, 2.75) is 30.6 Å². The quantitative estimate of drug-likeness (QED) is 0.527. The molecule has 0 saturated carbocycles. The Morgan fingerprint density at radius 2 is 1.41 bits per heavy atom. The van der Waals surface area contributed by atoms with Crippen LogP contribution in [0.15, 0.2) is 47.4 Å². The molecule has 2 aromatic rings. The predicted octanol–water partition coefficient (Wildman–Crippen LogP) is 3.49.